The van der Waals surface area contributed by atoms with Gasteiger partial charge in [0.1, 0.15) is 0 Å². The van der Waals surface area contributed by atoms with E-state index in [4.69, 9.17) is 0 Å². The number of carbonyl (C=O) groups is 1. The first-order valence-electron chi connectivity index (χ1n) is 4.47. The molecule has 1 heterocycles. The van der Waals surface area contributed by atoms with Gasteiger partial charge in [-0.25, -0.2) is 0 Å². The van der Waals surface area contributed by atoms with E-state index in [0.29, 0.717) is 12.1 Å². The number of hydrogen-bond acceptors (Lipinski definition) is 3. The topological polar surface area (TPSA) is 54.5 Å². The zero-order valence-corrected chi connectivity index (χ0v) is 8.70. The van der Waals surface area contributed by atoms with Crippen LogP contribution >= 0.6 is 0 Å². The quantitative estimate of drug-likeness (QED) is 0.679. The minimum Gasteiger partial charge on any atom is -0.330 e. The second-order valence-corrected chi connectivity index (χ2v) is 4.12. The van der Waals surface area contributed by atoms with Gasteiger partial charge in [-0.1, -0.05) is 18.2 Å². The fourth-order valence-corrected chi connectivity index (χ4v) is 1.91. The van der Waals surface area contributed by atoms with Crippen LogP contribution in [0.5, 0.6) is 0 Å². The molecule has 1 aromatic carbocycles. The van der Waals surface area contributed by atoms with E-state index in [1.165, 1.54) is 4.90 Å². The average molecular weight is 223 g/mol. The number of fused-ring (bicyclic) bond motifs is 1. The molecule has 0 spiro atoms. The summed E-state index contributed by atoms with van der Waals surface area (Å²) >= 11 is 0. The van der Waals surface area contributed by atoms with Crippen molar-refractivity contribution < 1.29 is 13.2 Å². The van der Waals surface area contributed by atoms with E-state index in [-0.39, 0.29) is 12.5 Å². The lowest BCUT2D eigenvalue weighted by atomic mass is 10.1. The standard InChI is InChI=1S/C10H9NO3S/c12-10-9-4-2-1-3-8(9)7-11(10)5-6-15(13)14/h1-4,6H,5,7H2. The van der Waals surface area contributed by atoms with Gasteiger partial charge in [0.05, 0.1) is 11.9 Å². The molecular weight excluding hydrogens is 214 g/mol. The Morgan fingerprint density at radius 2 is 2.07 bits per heavy atom. The predicted octanol–water partition coefficient (Wildman–Crippen LogP) is 0.324. The summed E-state index contributed by atoms with van der Waals surface area (Å²) in [5.41, 5.74) is 1.62. The monoisotopic (exact) mass is 223 g/mol. The van der Waals surface area contributed by atoms with Gasteiger partial charge in [0.2, 0.25) is 10.3 Å². The second kappa shape index (κ2) is 3.86. The first kappa shape index (κ1) is 9.92. The molecule has 0 aromatic heterocycles. The maximum atomic E-state index is 11.7. The summed E-state index contributed by atoms with van der Waals surface area (Å²) in [7, 11) is -2.21. The molecule has 0 fully saturated rings. The average Bonchev–Trinajstić information content (AvgIpc) is 2.54. The lowest BCUT2D eigenvalue weighted by molar-refractivity contribution is 0.0803. The molecule has 15 heavy (non-hydrogen) atoms. The lowest BCUT2D eigenvalue weighted by Crippen LogP contribution is -2.25. The Hall–Kier alpha value is -1.62. The molecule has 4 nitrogen and oxygen atoms in total. The van der Waals surface area contributed by atoms with E-state index >= 15 is 0 Å². The Kier molecular flexibility index (Phi) is 2.55. The predicted molar refractivity (Wildman–Crippen MR) is 56.2 cm³/mol. The van der Waals surface area contributed by atoms with Crippen LogP contribution in [0.25, 0.3) is 0 Å². The van der Waals surface area contributed by atoms with Crippen molar-refractivity contribution in [3.63, 3.8) is 0 Å². The summed E-state index contributed by atoms with van der Waals surface area (Å²) in [5.74, 6) is -0.104. The van der Waals surface area contributed by atoms with Gasteiger partial charge in [0, 0.05) is 12.1 Å². The molecule has 1 amide bonds. The Morgan fingerprint density at radius 1 is 1.33 bits per heavy atom. The first-order chi connectivity index (χ1) is 7.18. The maximum Gasteiger partial charge on any atom is 0.254 e. The minimum atomic E-state index is -2.21. The molecule has 78 valence electrons. The summed E-state index contributed by atoms with van der Waals surface area (Å²) < 4.78 is 20.7. The van der Waals surface area contributed by atoms with Gasteiger partial charge < -0.3 is 4.90 Å². The normalized spacial score (nSPS) is 13.9. The van der Waals surface area contributed by atoms with Gasteiger partial charge in [-0.2, -0.15) is 8.42 Å². The molecule has 0 unspecified atom stereocenters. The van der Waals surface area contributed by atoms with Crippen molar-refractivity contribution in [2.75, 3.05) is 6.54 Å². The minimum absolute atomic E-state index is 0.104. The highest BCUT2D eigenvalue weighted by atomic mass is 32.2. The van der Waals surface area contributed by atoms with E-state index in [9.17, 15) is 13.2 Å². The van der Waals surface area contributed by atoms with Gasteiger partial charge in [-0.15, -0.1) is 0 Å². The Balaban J connectivity index is 2.24. The zero-order chi connectivity index (χ0) is 10.8. The van der Waals surface area contributed by atoms with Crippen LogP contribution in [0.3, 0.4) is 0 Å². The van der Waals surface area contributed by atoms with E-state index in [0.717, 1.165) is 10.9 Å². The van der Waals surface area contributed by atoms with Crippen molar-refractivity contribution >= 4 is 21.6 Å². The fraction of sp³-hybridized carbons (Fsp3) is 0.200. The van der Waals surface area contributed by atoms with Crippen LogP contribution in [-0.2, 0) is 16.8 Å². The molecule has 1 aliphatic heterocycles. The molecule has 0 bridgehead atoms. The molecule has 0 aliphatic carbocycles. The van der Waals surface area contributed by atoms with Crippen molar-refractivity contribution in [2.45, 2.75) is 6.54 Å². The van der Waals surface area contributed by atoms with E-state index in [1.54, 1.807) is 12.1 Å². The number of benzene rings is 1. The van der Waals surface area contributed by atoms with Gasteiger partial charge in [-0.3, -0.25) is 4.79 Å². The van der Waals surface area contributed by atoms with Crippen molar-refractivity contribution in [3.05, 3.63) is 35.4 Å². The Bertz CT molecular complexity index is 525. The third-order valence-corrected chi connectivity index (χ3v) is 2.75. The van der Waals surface area contributed by atoms with Gasteiger partial charge >= 0.3 is 0 Å². The van der Waals surface area contributed by atoms with Gasteiger partial charge in [0.15, 0.2) is 0 Å². The van der Waals surface area contributed by atoms with Crippen LogP contribution < -0.4 is 0 Å². The summed E-state index contributed by atoms with van der Waals surface area (Å²) in [5, 5.41) is 1.09. The van der Waals surface area contributed by atoms with Crippen molar-refractivity contribution in [1.29, 1.82) is 0 Å². The van der Waals surface area contributed by atoms with Crippen LogP contribution in [0.4, 0.5) is 0 Å². The molecule has 5 heteroatoms. The first-order valence-corrected chi connectivity index (χ1v) is 5.61. The highest BCUT2D eigenvalue weighted by molar-refractivity contribution is 7.71. The van der Waals surface area contributed by atoms with Crippen LogP contribution in [0, 0.1) is 0 Å². The number of rotatable bonds is 2. The van der Waals surface area contributed by atoms with Crippen molar-refractivity contribution in [3.8, 4) is 0 Å². The van der Waals surface area contributed by atoms with Gasteiger partial charge in [-0.05, 0) is 11.6 Å². The fourth-order valence-electron chi connectivity index (χ4n) is 1.61. The molecule has 2 rings (SSSR count). The van der Waals surface area contributed by atoms with Crippen molar-refractivity contribution in [2.24, 2.45) is 0 Å². The van der Waals surface area contributed by atoms with Crippen LogP contribution in [0.15, 0.2) is 24.3 Å². The highest BCUT2D eigenvalue weighted by Crippen LogP contribution is 2.21. The highest BCUT2D eigenvalue weighted by Gasteiger charge is 2.25. The second-order valence-electron chi connectivity index (χ2n) is 3.27. The van der Waals surface area contributed by atoms with Crippen LogP contribution in [-0.4, -0.2) is 31.1 Å². The third kappa shape index (κ3) is 1.92. The van der Waals surface area contributed by atoms with Gasteiger partial charge in [0.25, 0.3) is 5.91 Å². The third-order valence-electron chi connectivity index (χ3n) is 2.33. The summed E-state index contributed by atoms with van der Waals surface area (Å²) in [6, 6.07) is 7.30. The number of hydrogen-bond donors (Lipinski definition) is 0. The summed E-state index contributed by atoms with van der Waals surface area (Å²) in [4.78, 5) is 13.2. The van der Waals surface area contributed by atoms with Crippen LogP contribution in [0.2, 0.25) is 0 Å². The number of carbonyl (C=O) groups excluding carboxylic acids is 1. The van der Waals surface area contributed by atoms with Crippen LogP contribution in [0.1, 0.15) is 15.9 Å². The van der Waals surface area contributed by atoms with E-state index in [1.807, 2.05) is 12.1 Å². The zero-order valence-electron chi connectivity index (χ0n) is 7.88. The molecule has 1 aliphatic rings. The SMILES string of the molecule is O=C1c2ccccc2CN1CC=S(=O)=O. The maximum absolute atomic E-state index is 11.7. The number of nitrogens with zero attached hydrogens (tertiary/aromatic N) is 1. The molecule has 0 saturated heterocycles. The van der Waals surface area contributed by atoms with E-state index in [2.05, 4.69) is 0 Å². The molecule has 0 saturated carbocycles. The Morgan fingerprint density at radius 3 is 2.73 bits per heavy atom. The Labute approximate surface area is 88.7 Å². The smallest absolute Gasteiger partial charge is 0.254 e. The summed E-state index contributed by atoms with van der Waals surface area (Å²) in [6.45, 7) is 0.631. The summed E-state index contributed by atoms with van der Waals surface area (Å²) in [6.07, 6.45) is 0. The molecule has 0 radical (unpaired) electrons. The molecular formula is C10H9NO3S. The molecule has 0 atom stereocenters. The number of amides is 1. The molecule has 1 aromatic rings. The largest absolute Gasteiger partial charge is 0.330 e. The molecule has 0 N–H and O–H groups in total. The lowest BCUT2D eigenvalue weighted by Gasteiger charge is -2.10. The van der Waals surface area contributed by atoms with E-state index < -0.39 is 10.3 Å². The van der Waals surface area contributed by atoms with Crippen molar-refractivity contribution in [1.82, 2.24) is 4.90 Å².